The summed E-state index contributed by atoms with van der Waals surface area (Å²) in [7, 11) is 0. The molecule has 0 aliphatic carbocycles. The zero-order chi connectivity index (χ0) is 15.3. The van der Waals surface area contributed by atoms with E-state index in [1.165, 1.54) is 6.92 Å². The zero-order valence-corrected chi connectivity index (χ0v) is 11.4. The quantitative estimate of drug-likeness (QED) is 0.659. The van der Waals surface area contributed by atoms with Crippen LogP contribution in [0.1, 0.15) is 29.9 Å². The lowest BCUT2D eigenvalue weighted by molar-refractivity contribution is -0.123. The largest absolute Gasteiger partial charge is 0.452 e. The number of ether oxygens (including phenoxy) is 1. The minimum absolute atomic E-state index is 0.0376. The van der Waals surface area contributed by atoms with Crippen molar-refractivity contribution in [2.24, 2.45) is 0 Å². The fraction of sp³-hybridized carbons (Fsp3) is 0.455. The molecule has 1 aromatic heterocycles. The summed E-state index contributed by atoms with van der Waals surface area (Å²) in [6, 6.07) is -0.786. The maximum Gasteiger partial charge on any atom is 0.346 e. The highest BCUT2D eigenvalue weighted by Crippen LogP contribution is 2.16. The van der Waals surface area contributed by atoms with Crippen molar-refractivity contribution in [1.82, 2.24) is 15.8 Å². The Bertz CT molecular complexity index is 503. The highest BCUT2D eigenvalue weighted by atomic mass is 16.5. The molecule has 0 saturated heterocycles. The van der Waals surface area contributed by atoms with E-state index in [4.69, 9.17) is 10.5 Å². The topological polar surface area (TPSA) is 137 Å². The lowest BCUT2D eigenvalue weighted by atomic mass is 10.2. The van der Waals surface area contributed by atoms with Crippen LogP contribution in [0.15, 0.2) is 4.52 Å². The lowest BCUT2D eigenvalue weighted by Crippen LogP contribution is -2.44. The number of esters is 1. The number of nitrogens with two attached hydrogens (primary N) is 1. The van der Waals surface area contributed by atoms with Crippen LogP contribution in [0.25, 0.3) is 0 Å². The Hall–Kier alpha value is -2.58. The number of hydrogen-bond acceptors (Lipinski definition) is 7. The summed E-state index contributed by atoms with van der Waals surface area (Å²) in [5.41, 5.74) is 5.61. The number of carbonyl (C=O) groups excluding carboxylic acids is 3. The minimum Gasteiger partial charge on any atom is -0.452 e. The molecule has 0 radical (unpaired) electrons. The molecule has 3 amide bonds. The number of urea groups is 1. The second-order valence-corrected chi connectivity index (χ2v) is 4.26. The molecular formula is C11H16N4O5. The van der Waals surface area contributed by atoms with Gasteiger partial charge < -0.3 is 20.3 Å². The van der Waals surface area contributed by atoms with Gasteiger partial charge in [0.15, 0.2) is 6.61 Å². The summed E-state index contributed by atoms with van der Waals surface area (Å²) in [6.07, 6.45) is 0. The monoisotopic (exact) mass is 284 g/mol. The highest BCUT2D eigenvalue weighted by Gasteiger charge is 2.21. The molecule has 0 atom stereocenters. The Morgan fingerprint density at radius 3 is 2.55 bits per heavy atom. The Kier molecular flexibility index (Phi) is 5.07. The van der Waals surface area contributed by atoms with E-state index < -0.39 is 24.5 Å². The smallest absolute Gasteiger partial charge is 0.346 e. The molecule has 0 fully saturated rings. The number of aryl methyl sites for hydroxylation is 1. The molecule has 1 rings (SSSR count). The fourth-order valence-corrected chi connectivity index (χ4v) is 1.30. The molecular weight excluding hydrogens is 268 g/mol. The molecule has 0 bridgehead atoms. The fourth-order valence-electron chi connectivity index (χ4n) is 1.30. The van der Waals surface area contributed by atoms with E-state index in [0.717, 1.165) is 0 Å². The van der Waals surface area contributed by atoms with E-state index >= 15 is 0 Å². The number of nitrogens with zero attached hydrogens (tertiary/aromatic N) is 1. The summed E-state index contributed by atoms with van der Waals surface area (Å²) in [5, 5.41) is 7.94. The van der Waals surface area contributed by atoms with E-state index in [-0.39, 0.29) is 23.2 Å². The average molecular weight is 284 g/mol. The first kappa shape index (κ1) is 15.5. The number of aromatic nitrogens is 1. The summed E-state index contributed by atoms with van der Waals surface area (Å²) < 4.78 is 9.30. The van der Waals surface area contributed by atoms with Gasteiger partial charge in [0, 0.05) is 6.04 Å². The van der Waals surface area contributed by atoms with E-state index in [1.807, 2.05) is 5.32 Å². The third-order valence-corrected chi connectivity index (χ3v) is 2.10. The number of anilines is 1. The second-order valence-electron chi connectivity index (χ2n) is 4.26. The molecule has 0 aromatic carbocycles. The van der Waals surface area contributed by atoms with Crippen LogP contribution in [0.2, 0.25) is 0 Å². The third kappa shape index (κ3) is 4.26. The summed E-state index contributed by atoms with van der Waals surface area (Å²) in [5.74, 6) is -1.80. The molecule has 0 saturated carbocycles. The number of rotatable bonds is 4. The van der Waals surface area contributed by atoms with Crippen LogP contribution >= 0.6 is 0 Å². The molecule has 0 spiro atoms. The predicted molar refractivity (Wildman–Crippen MR) is 67.7 cm³/mol. The number of amides is 3. The van der Waals surface area contributed by atoms with Crippen LogP contribution in [0.5, 0.6) is 0 Å². The Labute approximate surface area is 114 Å². The van der Waals surface area contributed by atoms with Gasteiger partial charge in [-0.25, -0.2) is 9.59 Å². The summed E-state index contributed by atoms with van der Waals surface area (Å²) in [4.78, 5) is 34.2. The number of hydrogen-bond donors (Lipinski definition) is 3. The molecule has 1 heterocycles. The molecule has 0 unspecified atom stereocenters. The van der Waals surface area contributed by atoms with Crippen molar-refractivity contribution < 1.29 is 23.6 Å². The predicted octanol–water partition coefficient (Wildman–Crippen LogP) is -0.0438. The van der Waals surface area contributed by atoms with Crippen molar-refractivity contribution in [3.05, 3.63) is 11.3 Å². The van der Waals surface area contributed by atoms with Crippen molar-refractivity contribution in [2.45, 2.75) is 26.8 Å². The molecule has 0 aliphatic heterocycles. The maximum absolute atomic E-state index is 11.6. The van der Waals surface area contributed by atoms with Crippen molar-refractivity contribution in [3.8, 4) is 0 Å². The van der Waals surface area contributed by atoms with Gasteiger partial charge in [-0.15, -0.1) is 0 Å². The number of nitrogens with one attached hydrogen (secondary N) is 2. The van der Waals surface area contributed by atoms with Crippen LogP contribution in [-0.2, 0) is 9.53 Å². The zero-order valence-electron chi connectivity index (χ0n) is 11.4. The van der Waals surface area contributed by atoms with Crippen molar-refractivity contribution >= 4 is 23.8 Å². The molecule has 20 heavy (non-hydrogen) atoms. The average Bonchev–Trinajstić information content (AvgIpc) is 2.65. The third-order valence-electron chi connectivity index (χ3n) is 2.10. The van der Waals surface area contributed by atoms with Crippen LogP contribution < -0.4 is 16.4 Å². The van der Waals surface area contributed by atoms with Gasteiger partial charge in [0.25, 0.3) is 5.91 Å². The van der Waals surface area contributed by atoms with Gasteiger partial charge in [-0.3, -0.25) is 10.1 Å². The molecule has 9 nitrogen and oxygen atoms in total. The number of imide groups is 1. The first-order valence-corrected chi connectivity index (χ1v) is 5.80. The van der Waals surface area contributed by atoms with Gasteiger partial charge in [-0.2, -0.15) is 0 Å². The summed E-state index contributed by atoms with van der Waals surface area (Å²) >= 11 is 0. The Morgan fingerprint density at radius 1 is 1.40 bits per heavy atom. The van der Waals surface area contributed by atoms with Gasteiger partial charge in [0.05, 0.1) is 5.69 Å². The van der Waals surface area contributed by atoms with Gasteiger partial charge in [0.1, 0.15) is 5.56 Å². The van der Waals surface area contributed by atoms with E-state index in [1.54, 1.807) is 13.8 Å². The van der Waals surface area contributed by atoms with Crippen molar-refractivity contribution in [1.29, 1.82) is 0 Å². The minimum atomic E-state index is -0.847. The normalized spacial score (nSPS) is 10.2. The molecule has 110 valence electrons. The van der Waals surface area contributed by atoms with Crippen LogP contribution in [0.3, 0.4) is 0 Å². The van der Waals surface area contributed by atoms with Crippen LogP contribution in [-0.4, -0.2) is 35.7 Å². The van der Waals surface area contributed by atoms with Crippen LogP contribution in [0, 0.1) is 6.92 Å². The Balaban J connectivity index is 2.46. The molecule has 4 N–H and O–H groups in total. The standard InChI is InChI=1S/C11H16N4O5/c1-5(2)13-11(18)14-7(16)4-19-10(17)8-6(3)15-20-9(8)12/h5H,4,12H2,1-3H3,(H2,13,14,16,18). The lowest BCUT2D eigenvalue weighted by Gasteiger charge is -2.09. The first-order valence-electron chi connectivity index (χ1n) is 5.80. The van der Waals surface area contributed by atoms with E-state index in [0.29, 0.717) is 0 Å². The summed E-state index contributed by atoms with van der Waals surface area (Å²) in [6.45, 7) is 4.37. The molecule has 1 aromatic rings. The SMILES string of the molecule is Cc1noc(N)c1C(=O)OCC(=O)NC(=O)NC(C)C. The molecule has 0 aliphatic rings. The van der Waals surface area contributed by atoms with Crippen molar-refractivity contribution in [2.75, 3.05) is 12.3 Å². The highest BCUT2D eigenvalue weighted by molar-refractivity contribution is 5.98. The maximum atomic E-state index is 11.6. The van der Waals surface area contributed by atoms with Crippen molar-refractivity contribution in [3.63, 3.8) is 0 Å². The first-order chi connectivity index (χ1) is 9.31. The van der Waals surface area contributed by atoms with Gasteiger partial charge in [0.2, 0.25) is 5.88 Å². The van der Waals surface area contributed by atoms with E-state index in [9.17, 15) is 14.4 Å². The van der Waals surface area contributed by atoms with Gasteiger partial charge in [-0.05, 0) is 20.8 Å². The van der Waals surface area contributed by atoms with Crippen LogP contribution in [0.4, 0.5) is 10.7 Å². The number of nitrogen functional groups attached to an aromatic ring is 1. The second kappa shape index (κ2) is 6.55. The van der Waals surface area contributed by atoms with Gasteiger partial charge >= 0.3 is 12.0 Å². The van der Waals surface area contributed by atoms with Gasteiger partial charge in [-0.1, -0.05) is 5.16 Å². The molecule has 9 heteroatoms. The van der Waals surface area contributed by atoms with E-state index in [2.05, 4.69) is 15.0 Å². The Morgan fingerprint density at radius 2 is 2.05 bits per heavy atom. The number of carbonyl (C=O) groups is 3.